The maximum absolute atomic E-state index is 12.4. The molecule has 7 nitrogen and oxygen atoms in total. The van der Waals surface area contributed by atoms with Crippen LogP contribution in [0.4, 0.5) is 11.4 Å². The van der Waals surface area contributed by atoms with E-state index in [-0.39, 0.29) is 22.8 Å². The number of rotatable bonds is 3. The summed E-state index contributed by atoms with van der Waals surface area (Å²) in [7, 11) is 0. The SMILES string of the molecule is NCC1CCN(C(=O)c2cc([N+](=O)[O-])ccc2N)CC1. The Kier molecular flexibility index (Phi) is 4.19. The van der Waals surface area contributed by atoms with Gasteiger partial charge in [-0.2, -0.15) is 0 Å². The fourth-order valence-corrected chi connectivity index (χ4v) is 2.39. The van der Waals surface area contributed by atoms with Crippen LogP contribution in [0.1, 0.15) is 23.2 Å². The summed E-state index contributed by atoms with van der Waals surface area (Å²) < 4.78 is 0. The molecule has 1 amide bonds. The minimum atomic E-state index is -0.531. The van der Waals surface area contributed by atoms with Gasteiger partial charge in [-0.3, -0.25) is 14.9 Å². The van der Waals surface area contributed by atoms with E-state index in [2.05, 4.69) is 0 Å². The van der Waals surface area contributed by atoms with E-state index < -0.39 is 4.92 Å². The standard InChI is InChI=1S/C13H18N4O3/c14-8-9-3-5-16(6-4-9)13(18)11-7-10(17(19)20)1-2-12(11)15/h1-2,7,9H,3-6,8,14-15H2. The first-order valence-corrected chi connectivity index (χ1v) is 6.56. The summed E-state index contributed by atoms with van der Waals surface area (Å²) in [6, 6.07) is 3.94. The molecule has 1 saturated heterocycles. The molecule has 7 heteroatoms. The molecule has 1 fully saturated rings. The van der Waals surface area contributed by atoms with Gasteiger partial charge in [0.05, 0.1) is 10.5 Å². The molecule has 0 spiro atoms. The minimum Gasteiger partial charge on any atom is -0.398 e. The molecule has 1 aromatic carbocycles. The van der Waals surface area contributed by atoms with Gasteiger partial charge in [-0.05, 0) is 31.4 Å². The summed E-state index contributed by atoms with van der Waals surface area (Å²) in [6.45, 7) is 1.85. The number of likely N-dealkylation sites (tertiary alicyclic amines) is 1. The van der Waals surface area contributed by atoms with Crippen molar-refractivity contribution >= 4 is 17.3 Å². The van der Waals surface area contributed by atoms with E-state index in [9.17, 15) is 14.9 Å². The summed E-state index contributed by atoms with van der Waals surface area (Å²) in [5.41, 5.74) is 11.7. The average molecular weight is 278 g/mol. The summed E-state index contributed by atoms with van der Waals surface area (Å²) in [6.07, 6.45) is 1.72. The van der Waals surface area contributed by atoms with Gasteiger partial charge >= 0.3 is 0 Å². The normalized spacial score (nSPS) is 16.1. The number of non-ortho nitro benzene ring substituents is 1. The second-order valence-electron chi connectivity index (χ2n) is 5.00. The van der Waals surface area contributed by atoms with Gasteiger partial charge in [-0.15, -0.1) is 0 Å². The number of piperidine rings is 1. The number of anilines is 1. The van der Waals surface area contributed by atoms with Gasteiger partial charge in [0.15, 0.2) is 0 Å². The van der Waals surface area contributed by atoms with Crippen molar-refractivity contribution in [2.45, 2.75) is 12.8 Å². The van der Waals surface area contributed by atoms with Crippen LogP contribution >= 0.6 is 0 Å². The van der Waals surface area contributed by atoms with Gasteiger partial charge in [-0.1, -0.05) is 0 Å². The van der Waals surface area contributed by atoms with E-state index in [0.717, 1.165) is 12.8 Å². The molecule has 0 unspecified atom stereocenters. The number of hydrogen-bond acceptors (Lipinski definition) is 5. The zero-order valence-corrected chi connectivity index (χ0v) is 11.1. The molecule has 0 aliphatic carbocycles. The van der Waals surface area contributed by atoms with Crippen molar-refractivity contribution in [3.05, 3.63) is 33.9 Å². The van der Waals surface area contributed by atoms with Crippen LogP contribution in [0.25, 0.3) is 0 Å². The van der Waals surface area contributed by atoms with Gasteiger partial charge in [0.25, 0.3) is 11.6 Å². The highest BCUT2D eigenvalue weighted by atomic mass is 16.6. The number of nitrogens with two attached hydrogens (primary N) is 2. The fourth-order valence-electron chi connectivity index (χ4n) is 2.39. The Hall–Kier alpha value is -2.15. The first-order valence-electron chi connectivity index (χ1n) is 6.56. The number of carbonyl (C=O) groups is 1. The van der Waals surface area contributed by atoms with Crippen molar-refractivity contribution in [2.75, 3.05) is 25.4 Å². The first kappa shape index (κ1) is 14.3. The molecular weight excluding hydrogens is 260 g/mol. The number of carbonyl (C=O) groups excluding carboxylic acids is 1. The lowest BCUT2D eigenvalue weighted by molar-refractivity contribution is -0.384. The van der Waals surface area contributed by atoms with Crippen molar-refractivity contribution in [1.29, 1.82) is 0 Å². The van der Waals surface area contributed by atoms with Crippen LogP contribution in [0, 0.1) is 16.0 Å². The summed E-state index contributed by atoms with van der Waals surface area (Å²) in [4.78, 5) is 24.3. The van der Waals surface area contributed by atoms with E-state index in [1.54, 1.807) is 4.90 Å². The molecule has 20 heavy (non-hydrogen) atoms. The summed E-state index contributed by atoms with van der Waals surface area (Å²) in [5.74, 6) is 0.197. The Morgan fingerprint density at radius 3 is 2.60 bits per heavy atom. The van der Waals surface area contributed by atoms with Crippen molar-refractivity contribution < 1.29 is 9.72 Å². The molecule has 0 radical (unpaired) electrons. The molecule has 1 aliphatic rings. The lowest BCUT2D eigenvalue weighted by atomic mass is 9.96. The predicted molar refractivity (Wildman–Crippen MR) is 75.2 cm³/mol. The van der Waals surface area contributed by atoms with Crippen molar-refractivity contribution in [3.8, 4) is 0 Å². The molecule has 0 bridgehead atoms. The van der Waals surface area contributed by atoms with Gasteiger partial charge in [0.2, 0.25) is 0 Å². The minimum absolute atomic E-state index is 0.126. The lowest BCUT2D eigenvalue weighted by Crippen LogP contribution is -2.40. The highest BCUT2D eigenvalue weighted by Crippen LogP contribution is 2.24. The van der Waals surface area contributed by atoms with Crippen LogP contribution in [0.15, 0.2) is 18.2 Å². The van der Waals surface area contributed by atoms with E-state index in [1.807, 2.05) is 0 Å². The summed E-state index contributed by atoms with van der Waals surface area (Å²) >= 11 is 0. The molecule has 0 aromatic heterocycles. The third kappa shape index (κ3) is 2.88. The maximum Gasteiger partial charge on any atom is 0.270 e. The van der Waals surface area contributed by atoms with Crippen LogP contribution < -0.4 is 11.5 Å². The van der Waals surface area contributed by atoms with Crippen LogP contribution in [0.3, 0.4) is 0 Å². The number of amides is 1. The smallest absolute Gasteiger partial charge is 0.270 e. The van der Waals surface area contributed by atoms with E-state index >= 15 is 0 Å². The zero-order chi connectivity index (χ0) is 14.7. The highest BCUT2D eigenvalue weighted by molar-refractivity contribution is 5.99. The van der Waals surface area contributed by atoms with Crippen LogP contribution in [-0.2, 0) is 0 Å². The largest absolute Gasteiger partial charge is 0.398 e. The Morgan fingerprint density at radius 2 is 2.05 bits per heavy atom. The number of nitro benzene ring substituents is 1. The van der Waals surface area contributed by atoms with E-state index in [0.29, 0.717) is 25.6 Å². The maximum atomic E-state index is 12.4. The quantitative estimate of drug-likeness (QED) is 0.486. The second kappa shape index (κ2) is 5.87. The lowest BCUT2D eigenvalue weighted by Gasteiger charge is -2.31. The Labute approximate surface area is 116 Å². The third-order valence-electron chi connectivity index (χ3n) is 3.71. The zero-order valence-electron chi connectivity index (χ0n) is 11.1. The van der Waals surface area contributed by atoms with Crippen LogP contribution in [-0.4, -0.2) is 35.4 Å². The number of hydrogen-bond donors (Lipinski definition) is 2. The molecule has 0 saturated carbocycles. The van der Waals surface area contributed by atoms with Crippen molar-refractivity contribution in [1.82, 2.24) is 4.90 Å². The van der Waals surface area contributed by atoms with Gasteiger partial charge < -0.3 is 16.4 Å². The first-order chi connectivity index (χ1) is 9.52. The molecular formula is C13H18N4O3. The monoisotopic (exact) mass is 278 g/mol. The molecule has 1 heterocycles. The van der Waals surface area contributed by atoms with Gasteiger partial charge in [0.1, 0.15) is 0 Å². The Morgan fingerprint density at radius 1 is 1.40 bits per heavy atom. The number of benzene rings is 1. The highest BCUT2D eigenvalue weighted by Gasteiger charge is 2.25. The van der Waals surface area contributed by atoms with E-state index in [1.165, 1.54) is 18.2 Å². The van der Waals surface area contributed by atoms with Crippen molar-refractivity contribution in [3.63, 3.8) is 0 Å². The summed E-state index contributed by atoms with van der Waals surface area (Å²) in [5, 5.41) is 10.8. The van der Waals surface area contributed by atoms with Gasteiger partial charge in [0, 0.05) is 30.9 Å². The van der Waals surface area contributed by atoms with Crippen LogP contribution in [0.2, 0.25) is 0 Å². The number of nitrogen functional groups attached to an aromatic ring is 1. The number of nitrogens with zero attached hydrogens (tertiary/aromatic N) is 2. The molecule has 4 N–H and O–H groups in total. The van der Waals surface area contributed by atoms with Crippen molar-refractivity contribution in [2.24, 2.45) is 11.7 Å². The van der Waals surface area contributed by atoms with Crippen LogP contribution in [0.5, 0.6) is 0 Å². The predicted octanol–water partition coefficient (Wildman–Crippen LogP) is 0.988. The molecule has 0 atom stereocenters. The number of nitro groups is 1. The third-order valence-corrected chi connectivity index (χ3v) is 3.71. The molecule has 108 valence electrons. The van der Waals surface area contributed by atoms with Gasteiger partial charge in [-0.25, -0.2) is 0 Å². The van der Waals surface area contributed by atoms with E-state index in [4.69, 9.17) is 11.5 Å². The molecule has 1 aliphatic heterocycles. The molecule has 2 rings (SSSR count). The Balaban J connectivity index is 2.17. The average Bonchev–Trinajstić information content (AvgIpc) is 2.47. The fraction of sp³-hybridized carbons (Fsp3) is 0.462. The second-order valence-corrected chi connectivity index (χ2v) is 5.00. The topological polar surface area (TPSA) is 115 Å². The molecule has 1 aromatic rings. The Bertz CT molecular complexity index is 524.